The van der Waals surface area contributed by atoms with Crippen molar-refractivity contribution in [2.75, 3.05) is 21.3 Å². The summed E-state index contributed by atoms with van der Waals surface area (Å²) in [4.78, 5) is 13.6. The lowest BCUT2D eigenvalue weighted by atomic mass is 10.4. The predicted octanol–water partition coefficient (Wildman–Crippen LogP) is 1.06. The van der Waals surface area contributed by atoms with Crippen molar-refractivity contribution in [1.82, 2.24) is 20.8 Å². The van der Waals surface area contributed by atoms with Crippen LogP contribution < -0.4 is 15.6 Å². The quantitative estimate of drug-likeness (QED) is 0.491. The van der Waals surface area contributed by atoms with Crippen LogP contribution in [0.15, 0.2) is 17.1 Å². The molecular formula is C10H13N5O2S. The SMILES string of the molecule is CNN/C(=N\c1nc2ccc(OC)nc2s1)OC. The highest BCUT2D eigenvalue weighted by atomic mass is 32.1. The monoisotopic (exact) mass is 267 g/mol. The highest BCUT2D eigenvalue weighted by Crippen LogP contribution is 2.28. The van der Waals surface area contributed by atoms with Gasteiger partial charge < -0.3 is 9.47 Å². The summed E-state index contributed by atoms with van der Waals surface area (Å²) in [6.45, 7) is 0. The molecule has 0 fully saturated rings. The van der Waals surface area contributed by atoms with Crippen LogP contribution in [0.25, 0.3) is 10.3 Å². The molecule has 0 aliphatic heterocycles. The van der Waals surface area contributed by atoms with Gasteiger partial charge in [0.1, 0.15) is 10.3 Å². The van der Waals surface area contributed by atoms with Crippen molar-refractivity contribution in [3.05, 3.63) is 12.1 Å². The number of methoxy groups -OCH3 is 2. The molecule has 96 valence electrons. The van der Waals surface area contributed by atoms with Gasteiger partial charge in [-0.2, -0.15) is 4.99 Å². The van der Waals surface area contributed by atoms with Crippen LogP contribution in [0.4, 0.5) is 5.13 Å². The second kappa shape index (κ2) is 5.61. The molecule has 2 N–H and O–H groups in total. The van der Waals surface area contributed by atoms with E-state index in [9.17, 15) is 0 Å². The van der Waals surface area contributed by atoms with Crippen molar-refractivity contribution in [2.24, 2.45) is 4.99 Å². The summed E-state index contributed by atoms with van der Waals surface area (Å²) in [5.41, 5.74) is 6.25. The molecule has 0 aliphatic carbocycles. The van der Waals surface area contributed by atoms with E-state index in [1.807, 2.05) is 6.07 Å². The van der Waals surface area contributed by atoms with Gasteiger partial charge in [0, 0.05) is 13.1 Å². The summed E-state index contributed by atoms with van der Waals surface area (Å²) in [6.07, 6.45) is 0. The van der Waals surface area contributed by atoms with Crippen LogP contribution >= 0.6 is 11.3 Å². The Balaban J connectivity index is 2.34. The van der Waals surface area contributed by atoms with E-state index in [2.05, 4.69) is 25.8 Å². The molecule has 0 aliphatic rings. The normalized spacial score (nSPS) is 11.6. The second-order valence-electron chi connectivity index (χ2n) is 3.17. The number of fused-ring (bicyclic) bond motifs is 1. The van der Waals surface area contributed by atoms with Crippen molar-refractivity contribution in [1.29, 1.82) is 0 Å². The second-order valence-corrected chi connectivity index (χ2v) is 4.13. The Hall–Kier alpha value is -1.93. The maximum Gasteiger partial charge on any atom is 0.306 e. The third-order valence-electron chi connectivity index (χ3n) is 2.05. The number of nitrogens with zero attached hydrogens (tertiary/aromatic N) is 3. The molecular weight excluding hydrogens is 254 g/mol. The van der Waals surface area contributed by atoms with Gasteiger partial charge in [-0.05, 0) is 6.07 Å². The molecule has 0 amide bonds. The first-order valence-corrected chi connectivity index (χ1v) is 5.95. The number of aliphatic imine (C=N–C) groups is 1. The minimum Gasteiger partial charge on any atom is -0.481 e. The summed E-state index contributed by atoms with van der Waals surface area (Å²) in [6, 6.07) is 3.94. The molecule has 2 heterocycles. The van der Waals surface area contributed by atoms with E-state index < -0.39 is 0 Å². The molecule has 0 spiro atoms. The topological polar surface area (TPSA) is 80.7 Å². The van der Waals surface area contributed by atoms with Crippen molar-refractivity contribution >= 4 is 32.8 Å². The summed E-state index contributed by atoms with van der Waals surface area (Å²) < 4.78 is 10.1. The molecule has 0 atom stereocenters. The number of hydrogen-bond donors (Lipinski definition) is 2. The summed E-state index contributed by atoms with van der Waals surface area (Å²) in [5, 5.41) is 0.561. The zero-order valence-corrected chi connectivity index (χ0v) is 11.0. The zero-order chi connectivity index (χ0) is 13.0. The van der Waals surface area contributed by atoms with E-state index in [4.69, 9.17) is 9.47 Å². The lowest BCUT2D eigenvalue weighted by Crippen LogP contribution is -2.35. The van der Waals surface area contributed by atoms with Crippen LogP contribution in [0.1, 0.15) is 0 Å². The van der Waals surface area contributed by atoms with Gasteiger partial charge in [-0.25, -0.2) is 15.4 Å². The lowest BCUT2D eigenvalue weighted by molar-refractivity contribution is 0.373. The maximum atomic E-state index is 5.06. The maximum absolute atomic E-state index is 5.06. The first-order valence-electron chi connectivity index (χ1n) is 5.14. The number of amidine groups is 1. The first kappa shape index (κ1) is 12.5. The minimum atomic E-state index is 0.337. The molecule has 0 bridgehead atoms. The Morgan fingerprint density at radius 3 is 2.83 bits per heavy atom. The number of pyridine rings is 1. The largest absolute Gasteiger partial charge is 0.481 e. The Kier molecular flexibility index (Phi) is 3.90. The highest BCUT2D eigenvalue weighted by molar-refractivity contribution is 7.21. The number of hydrazine groups is 1. The van der Waals surface area contributed by atoms with E-state index in [1.54, 1.807) is 20.2 Å². The van der Waals surface area contributed by atoms with Crippen molar-refractivity contribution < 1.29 is 9.47 Å². The fraction of sp³-hybridized carbons (Fsp3) is 0.300. The standard InChI is InChI=1S/C10H13N5O2S/c1-11-15-9(17-3)14-10-12-6-4-5-7(16-2)13-8(6)18-10/h4-5,11H,1-3H3,(H,12,14,15). The molecule has 0 saturated heterocycles. The third-order valence-corrected chi connectivity index (χ3v) is 2.91. The number of aromatic nitrogens is 2. The molecule has 0 saturated carbocycles. The smallest absolute Gasteiger partial charge is 0.306 e. The van der Waals surface area contributed by atoms with Crippen LogP contribution in [-0.2, 0) is 4.74 Å². The molecule has 8 heteroatoms. The van der Waals surface area contributed by atoms with E-state index >= 15 is 0 Å². The van der Waals surface area contributed by atoms with Gasteiger partial charge in [0.05, 0.1) is 14.2 Å². The van der Waals surface area contributed by atoms with Crippen LogP contribution in [0.3, 0.4) is 0 Å². The Bertz CT molecular complexity index is 568. The van der Waals surface area contributed by atoms with Crippen LogP contribution in [0.5, 0.6) is 5.88 Å². The number of nitrogens with one attached hydrogen (secondary N) is 2. The van der Waals surface area contributed by atoms with Gasteiger partial charge in [0.25, 0.3) is 0 Å². The van der Waals surface area contributed by atoms with Gasteiger partial charge in [-0.3, -0.25) is 5.43 Å². The fourth-order valence-electron chi connectivity index (χ4n) is 1.27. The summed E-state index contributed by atoms with van der Waals surface area (Å²) in [7, 11) is 4.82. The number of rotatable bonds is 3. The molecule has 18 heavy (non-hydrogen) atoms. The number of thiazole rings is 1. The van der Waals surface area contributed by atoms with Gasteiger partial charge in [0.2, 0.25) is 11.0 Å². The van der Waals surface area contributed by atoms with Crippen LogP contribution in [0, 0.1) is 0 Å². The van der Waals surface area contributed by atoms with Crippen LogP contribution in [-0.4, -0.2) is 37.3 Å². The first-order chi connectivity index (χ1) is 8.76. The van der Waals surface area contributed by atoms with E-state index in [-0.39, 0.29) is 0 Å². The Morgan fingerprint density at radius 1 is 1.33 bits per heavy atom. The molecule has 7 nitrogen and oxygen atoms in total. The highest BCUT2D eigenvalue weighted by Gasteiger charge is 2.07. The van der Waals surface area contributed by atoms with Gasteiger partial charge in [-0.15, -0.1) is 0 Å². The Morgan fingerprint density at radius 2 is 2.17 bits per heavy atom. The van der Waals surface area contributed by atoms with E-state index in [0.29, 0.717) is 17.0 Å². The van der Waals surface area contributed by atoms with E-state index in [0.717, 1.165) is 10.3 Å². The van der Waals surface area contributed by atoms with Gasteiger partial charge in [-0.1, -0.05) is 11.3 Å². The molecule has 0 radical (unpaired) electrons. The summed E-state index contributed by atoms with van der Waals surface area (Å²) >= 11 is 1.36. The molecule has 2 aromatic heterocycles. The zero-order valence-electron chi connectivity index (χ0n) is 10.2. The summed E-state index contributed by atoms with van der Waals surface area (Å²) in [5.74, 6) is 0.557. The molecule has 2 aromatic rings. The molecule has 0 aromatic carbocycles. The van der Waals surface area contributed by atoms with E-state index in [1.165, 1.54) is 18.4 Å². The average Bonchev–Trinajstić information content (AvgIpc) is 2.79. The Labute approximate surface area is 108 Å². The van der Waals surface area contributed by atoms with Crippen molar-refractivity contribution in [3.63, 3.8) is 0 Å². The van der Waals surface area contributed by atoms with Crippen molar-refractivity contribution in [3.8, 4) is 5.88 Å². The minimum absolute atomic E-state index is 0.337. The van der Waals surface area contributed by atoms with Crippen molar-refractivity contribution in [2.45, 2.75) is 0 Å². The number of ether oxygens (including phenoxy) is 2. The predicted molar refractivity (Wildman–Crippen MR) is 70.3 cm³/mol. The van der Waals surface area contributed by atoms with Crippen LogP contribution in [0.2, 0.25) is 0 Å². The van der Waals surface area contributed by atoms with Gasteiger partial charge in [0.15, 0.2) is 0 Å². The van der Waals surface area contributed by atoms with Gasteiger partial charge >= 0.3 is 6.02 Å². The average molecular weight is 267 g/mol. The third kappa shape index (κ3) is 2.66. The molecule has 0 unspecified atom stereocenters. The number of hydrogen-bond acceptors (Lipinski definition) is 7. The molecule has 2 rings (SSSR count). The lowest BCUT2D eigenvalue weighted by Gasteiger charge is -2.03. The fourth-order valence-corrected chi connectivity index (χ4v) is 2.07.